The lowest BCUT2D eigenvalue weighted by Crippen LogP contribution is -2.61. The van der Waals surface area contributed by atoms with Crippen LogP contribution in [0.2, 0.25) is 0 Å². The van der Waals surface area contributed by atoms with Crippen molar-refractivity contribution in [1.82, 2.24) is 13.7 Å². The number of rotatable bonds is 4. The van der Waals surface area contributed by atoms with Crippen molar-refractivity contribution in [1.29, 1.82) is 0 Å². The Kier molecular flexibility index (Phi) is 10.2. The van der Waals surface area contributed by atoms with Crippen LogP contribution in [0.25, 0.3) is 93.6 Å². The molecule has 0 fully saturated rings. The van der Waals surface area contributed by atoms with Crippen LogP contribution in [0.3, 0.4) is 0 Å². The summed E-state index contributed by atoms with van der Waals surface area (Å²) in [6, 6.07) is 58.0. The standard InChI is InChI=1S/C80H80BN3/c1-42(2)45-19-25-52(26-20-45)82-67-34-47(44(5)6)21-27-55(67)69-68(82)41-59-56-33-46(43(3)4)22-31-65(56)83-66-32-30-60-75-70(66)81(71(69)74(59)83)64-40-51(79(16,17)18)36-58-57-35-50(78(13,14)15)39-63(72(57)84(75)73(58)64)80(60)61-37-48(76(7,8)9)23-28-53(61)54-29-24-49(38-62(54)80)77(10,11)12/h19-44H,1-18H3. The van der Waals surface area contributed by atoms with Gasteiger partial charge in [0.2, 0.25) is 0 Å². The first kappa shape index (κ1) is 52.0. The van der Waals surface area contributed by atoms with E-state index in [1.807, 2.05) is 0 Å². The topological polar surface area (TPSA) is 14.8 Å². The van der Waals surface area contributed by atoms with Gasteiger partial charge in [0.15, 0.2) is 0 Å². The normalized spacial score (nSPS) is 14.9. The lowest BCUT2D eigenvalue weighted by Gasteiger charge is -2.45. The highest BCUT2D eigenvalue weighted by Gasteiger charge is 2.56. The summed E-state index contributed by atoms with van der Waals surface area (Å²) in [6.07, 6.45) is 0. The Balaban J connectivity index is 1.18. The molecule has 1 aliphatic carbocycles. The Hall–Kier alpha value is -7.56. The Morgan fingerprint density at radius 3 is 1.49 bits per heavy atom. The van der Waals surface area contributed by atoms with E-state index in [4.69, 9.17) is 0 Å². The average Bonchev–Trinajstić information content (AvgIpc) is 1.43. The van der Waals surface area contributed by atoms with Crippen molar-refractivity contribution in [2.75, 3.05) is 0 Å². The maximum Gasteiger partial charge on any atom is 0.253 e. The highest BCUT2D eigenvalue weighted by atomic mass is 15.1. The molecule has 4 aliphatic rings. The van der Waals surface area contributed by atoms with Crippen molar-refractivity contribution in [2.45, 2.75) is 169 Å². The van der Waals surface area contributed by atoms with Crippen molar-refractivity contribution in [2.24, 2.45) is 0 Å². The minimum Gasteiger partial charge on any atom is -0.310 e. The zero-order valence-corrected chi connectivity index (χ0v) is 52.9. The van der Waals surface area contributed by atoms with Crippen LogP contribution < -0.4 is 16.4 Å². The summed E-state index contributed by atoms with van der Waals surface area (Å²) >= 11 is 0. The molecular formula is C80H80BN3. The van der Waals surface area contributed by atoms with Crippen LogP contribution in [0.4, 0.5) is 0 Å². The van der Waals surface area contributed by atoms with Gasteiger partial charge in [-0.15, -0.1) is 0 Å². The molecule has 1 spiro atoms. The number of aromatic nitrogens is 3. The lowest BCUT2D eigenvalue weighted by atomic mass is 9.33. The maximum absolute atomic E-state index is 2.84. The van der Waals surface area contributed by atoms with Gasteiger partial charge >= 0.3 is 0 Å². The Bertz CT molecular complexity index is 4890. The molecule has 4 heteroatoms. The SMILES string of the molecule is CC(C)c1ccc(-n2c3cc(C(C)C)ccc3c3c4c5c(cc32)c2cc(C(C)C)ccc2n5-c2ccc3c5c2B4c2cc(C(C)(C)C)cc4c6cc(C(C)(C)C)cc(c6n-5c24)C32c3cc(C(C)(C)C)ccc3-c3ccc(C(C)(C)C)cc32)cc1. The molecule has 0 amide bonds. The van der Waals surface area contributed by atoms with E-state index < -0.39 is 5.41 Å². The van der Waals surface area contributed by atoms with Gasteiger partial charge in [-0.25, -0.2) is 0 Å². The summed E-state index contributed by atoms with van der Waals surface area (Å²) in [5.74, 6) is 1.19. The second kappa shape index (κ2) is 16.4. The van der Waals surface area contributed by atoms with E-state index in [1.165, 1.54) is 171 Å². The van der Waals surface area contributed by atoms with Crippen molar-refractivity contribution in [3.63, 3.8) is 0 Å². The first-order valence-corrected chi connectivity index (χ1v) is 31.5. The Morgan fingerprint density at radius 1 is 0.357 bits per heavy atom. The molecule has 418 valence electrons. The van der Waals surface area contributed by atoms with Crippen molar-refractivity contribution in [3.05, 3.63) is 201 Å². The molecule has 0 radical (unpaired) electrons. The van der Waals surface area contributed by atoms with E-state index in [-0.39, 0.29) is 28.4 Å². The largest absolute Gasteiger partial charge is 0.310 e. The summed E-state index contributed by atoms with van der Waals surface area (Å²) in [6.45, 7) is 42.8. The van der Waals surface area contributed by atoms with Crippen molar-refractivity contribution in [3.8, 4) is 28.2 Å². The molecule has 0 bridgehead atoms. The fourth-order valence-electron chi connectivity index (χ4n) is 16.2. The van der Waals surface area contributed by atoms with Crippen LogP contribution >= 0.6 is 0 Å². The summed E-state index contributed by atoms with van der Waals surface area (Å²) < 4.78 is 8.22. The molecule has 0 saturated heterocycles. The smallest absolute Gasteiger partial charge is 0.253 e. The van der Waals surface area contributed by atoms with Crippen LogP contribution in [0.1, 0.15) is 204 Å². The van der Waals surface area contributed by atoms with Gasteiger partial charge in [-0.05, 0) is 183 Å². The summed E-state index contributed by atoms with van der Waals surface area (Å²) in [7, 11) is 0. The molecule has 3 aliphatic heterocycles. The molecule has 0 N–H and O–H groups in total. The van der Waals surface area contributed by atoms with E-state index in [2.05, 4.69) is 278 Å². The van der Waals surface area contributed by atoms with Crippen molar-refractivity contribution >= 4 is 88.5 Å². The number of benzene rings is 9. The van der Waals surface area contributed by atoms with Crippen LogP contribution in [0, 0.1) is 0 Å². The quantitative estimate of drug-likeness (QED) is 0.156. The molecule has 12 aromatic rings. The third-order valence-corrected chi connectivity index (χ3v) is 21.0. The van der Waals surface area contributed by atoms with Gasteiger partial charge in [-0.2, -0.15) is 0 Å². The summed E-state index contributed by atoms with van der Waals surface area (Å²) in [5.41, 5.74) is 32.9. The first-order chi connectivity index (χ1) is 39.7. The van der Waals surface area contributed by atoms with Crippen LogP contribution in [-0.2, 0) is 27.1 Å². The molecule has 16 rings (SSSR count). The molecule has 0 unspecified atom stereocenters. The zero-order chi connectivity index (χ0) is 58.7. The fraction of sp³-hybridized carbons (Fsp3) is 0.325. The van der Waals surface area contributed by atoms with Gasteiger partial charge < -0.3 is 13.7 Å². The number of hydrogen-bond acceptors (Lipinski definition) is 0. The Morgan fingerprint density at radius 2 is 0.893 bits per heavy atom. The van der Waals surface area contributed by atoms with E-state index >= 15 is 0 Å². The first-order valence-electron chi connectivity index (χ1n) is 31.5. The van der Waals surface area contributed by atoms with Gasteiger partial charge in [0.1, 0.15) is 0 Å². The van der Waals surface area contributed by atoms with E-state index in [9.17, 15) is 0 Å². The molecule has 3 nitrogen and oxygen atoms in total. The van der Waals surface area contributed by atoms with Gasteiger partial charge in [0.25, 0.3) is 6.71 Å². The number of hydrogen-bond donors (Lipinski definition) is 0. The van der Waals surface area contributed by atoms with Gasteiger partial charge in [-0.1, -0.05) is 210 Å². The predicted molar refractivity (Wildman–Crippen MR) is 362 cm³/mol. The van der Waals surface area contributed by atoms with Crippen LogP contribution in [-0.4, -0.2) is 20.4 Å². The number of nitrogens with zero attached hydrogens (tertiary/aromatic N) is 3. The minimum atomic E-state index is -0.645. The predicted octanol–water partition coefficient (Wildman–Crippen LogP) is 19.4. The monoisotopic (exact) mass is 1090 g/mol. The third-order valence-electron chi connectivity index (χ3n) is 21.0. The lowest BCUT2D eigenvalue weighted by molar-refractivity contribution is 0.583. The minimum absolute atomic E-state index is 0.0713. The molecule has 9 aromatic carbocycles. The third kappa shape index (κ3) is 6.56. The van der Waals surface area contributed by atoms with Crippen LogP contribution in [0.15, 0.2) is 140 Å². The fourth-order valence-corrected chi connectivity index (χ4v) is 16.2. The second-order valence-electron chi connectivity index (χ2n) is 31.2. The molecule has 3 aromatic heterocycles. The number of fused-ring (bicyclic) bond motifs is 18. The van der Waals surface area contributed by atoms with Gasteiger partial charge in [-0.3, -0.25) is 0 Å². The van der Waals surface area contributed by atoms with Gasteiger partial charge in [0, 0.05) is 54.9 Å². The van der Waals surface area contributed by atoms with E-state index in [0.717, 1.165) is 0 Å². The maximum atomic E-state index is 2.84. The summed E-state index contributed by atoms with van der Waals surface area (Å²) in [4.78, 5) is 0. The van der Waals surface area contributed by atoms with Gasteiger partial charge in [0.05, 0.1) is 33.0 Å². The molecular weight excluding hydrogens is 1010 g/mol. The molecule has 0 saturated carbocycles. The highest BCUT2D eigenvalue weighted by molar-refractivity contribution is 7.02. The van der Waals surface area contributed by atoms with Crippen molar-refractivity contribution < 1.29 is 0 Å². The Labute approximate surface area is 497 Å². The highest BCUT2D eigenvalue weighted by Crippen LogP contribution is 2.63. The molecule has 6 heterocycles. The summed E-state index contributed by atoms with van der Waals surface area (Å²) in [5, 5.41) is 8.08. The second-order valence-corrected chi connectivity index (χ2v) is 31.2. The van der Waals surface area contributed by atoms with E-state index in [1.54, 1.807) is 0 Å². The van der Waals surface area contributed by atoms with Crippen LogP contribution in [0.5, 0.6) is 0 Å². The molecule has 84 heavy (non-hydrogen) atoms. The average molecular weight is 1090 g/mol. The van der Waals surface area contributed by atoms with E-state index in [0.29, 0.717) is 17.8 Å². The molecule has 0 atom stereocenters. The zero-order valence-electron chi connectivity index (χ0n) is 52.9.